The Labute approximate surface area is 152 Å². The predicted octanol–water partition coefficient (Wildman–Crippen LogP) is 4.16. The van der Waals surface area contributed by atoms with E-state index < -0.39 is 0 Å². The molecule has 0 bridgehead atoms. The number of hydrogen-bond acceptors (Lipinski definition) is 5. The minimum absolute atomic E-state index is 0.283. The van der Waals surface area contributed by atoms with Gasteiger partial charge in [-0.3, -0.25) is 9.59 Å². The quantitative estimate of drug-likeness (QED) is 0.505. The van der Waals surface area contributed by atoms with Gasteiger partial charge in [0.15, 0.2) is 0 Å². The lowest BCUT2D eigenvalue weighted by Crippen LogP contribution is -2.40. The highest BCUT2D eigenvalue weighted by Crippen LogP contribution is 2.35. The first-order valence-corrected chi connectivity index (χ1v) is 8.85. The van der Waals surface area contributed by atoms with Crippen LogP contribution in [0.5, 0.6) is 0 Å². The second-order valence-corrected chi connectivity index (χ2v) is 6.87. The highest BCUT2D eigenvalue weighted by atomic mass is 32.1. The summed E-state index contributed by atoms with van der Waals surface area (Å²) in [4.78, 5) is 27.1. The summed E-state index contributed by atoms with van der Waals surface area (Å²) in [5.41, 5.74) is 1.92. The number of nitrogens with zero attached hydrogens (tertiary/aromatic N) is 3. The molecule has 5 nitrogen and oxygen atoms in total. The number of anilines is 1. The van der Waals surface area contributed by atoms with Gasteiger partial charge in [-0.05, 0) is 17.5 Å². The van der Waals surface area contributed by atoms with Gasteiger partial charge in [0, 0.05) is 22.1 Å². The van der Waals surface area contributed by atoms with Gasteiger partial charge >= 0.3 is 0 Å². The van der Waals surface area contributed by atoms with Crippen molar-refractivity contribution >= 4 is 39.1 Å². The van der Waals surface area contributed by atoms with E-state index in [1.54, 1.807) is 12.1 Å². The molecule has 2 amide bonds. The molecule has 2 heterocycles. The van der Waals surface area contributed by atoms with Crippen molar-refractivity contribution in [2.45, 2.75) is 0 Å². The highest BCUT2D eigenvalue weighted by Gasteiger charge is 2.35. The molecule has 0 aliphatic carbocycles. The van der Waals surface area contributed by atoms with Crippen LogP contribution in [0.3, 0.4) is 0 Å². The first kappa shape index (κ1) is 14.9. The summed E-state index contributed by atoms with van der Waals surface area (Å²) in [5.74, 6) is -0.731. The molecule has 1 aliphatic rings. The number of benzene rings is 3. The first-order chi connectivity index (χ1) is 12.7. The van der Waals surface area contributed by atoms with E-state index in [-0.39, 0.29) is 16.9 Å². The molecule has 6 heteroatoms. The summed E-state index contributed by atoms with van der Waals surface area (Å²) in [6, 6.07) is 20.5. The Hall–Kier alpha value is -3.38. The molecule has 5 rings (SSSR count). The van der Waals surface area contributed by atoms with Crippen LogP contribution in [0, 0.1) is 0 Å². The number of imide groups is 1. The summed E-state index contributed by atoms with van der Waals surface area (Å²) in [5, 5.41) is 10.8. The summed E-state index contributed by atoms with van der Waals surface area (Å²) in [7, 11) is 0. The van der Waals surface area contributed by atoms with Crippen molar-refractivity contribution in [1.29, 1.82) is 0 Å². The van der Waals surface area contributed by atoms with Crippen LogP contribution in [0.15, 0.2) is 66.7 Å². The third-order valence-corrected chi connectivity index (χ3v) is 5.36. The van der Waals surface area contributed by atoms with Crippen LogP contribution in [0.2, 0.25) is 0 Å². The second-order valence-electron chi connectivity index (χ2n) is 5.91. The van der Waals surface area contributed by atoms with E-state index in [1.807, 2.05) is 54.6 Å². The lowest BCUT2D eigenvalue weighted by atomic mass is 9.94. The minimum Gasteiger partial charge on any atom is -0.268 e. The topological polar surface area (TPSA) is 63.2 Å². The fourth-order valence-corrected chi connectivity index (χ4v) is 4.05. The molecule has 0 N–H and O–H groups in total. The van der Waals surface area contributed by atoms with E-state index in [0.29, 0.717) is 21.5 Å². The van der Waals surface area contributed by atoms with Crippen molar-refractivity contribution in [3.8, 4) is 10.6 Å². The zero-order valence-electron chi connectivity index (χ0n) is 13.4. The monoisotopic (exact) mass is 357 g/mol. The van der Waals surface area contributed by atoms with Crippen LogP contribution in [0.1, 0.15) is 20.7 Å². The lowest BCUT2D eigenvalue weighted by Gasteiger charge is -2.24. The summed E-state index contributed by atoms with van der Waals surface area (Å²) < 4.78 is 0. The van der Waals surface area contributed by atoms with Gasteiger partial charge in [0.2, 0.25) is 5.13 Å². The second kappa shape index (κ2) is 5.57. The average Bonchev–Trinajstić information content (AvgIpc) is 3.16. The fraction of sp³-hybridized carbons (Fsp3) is 0. The molecule has 26 heavy (non-hydrogen) atoms. The fourth-order valence-electron chi connectivity index (χ4n) is 3.21. The van der Waals surface area contributed by atoms with Crippen LogP contribution >= 0.6 is 11.3 Å². The summed E-state index contributed by atoms with van der Waals surface area (Å²) in [6.45, 7) is 0. The van der Waals surface area contributed by atoms with Crippen molar-refractivity contribution in [2.24, 2.45) is 0 Å². The van der Waals surface area contributed by atoms with Crippen molar-refractivity contribution < 1.29 is 9.59 Å². The summed E-state index contributed by atoms with van der Waals surface area (Å²) in [6.07, 6.45) is 0. The molecule has 0 saturated heterocycles. The predicted molar refractivity (Wildman–Crippen MR) is 100 cm³/mol. The maximum Gasteiger partial charge on any atom is 0.267 e. The Balaban J connectivity index is 1.65. The van der Waals surface area contributed by atoms with Crippen molar-refractivity contribution in [2.75, 3.05) is 4.90 Å². The standard InChI is InChI=1S/C20H11N3O2S/c24-18-14-10-4-8-12-9-5-11-15(16(12)14)19(25)23(18)20-22-21-17(26-20)13-6-2-1-3-7-13/h1-11H. The number of carbonyl (C=O) groups excluding carboxylic acids is 2. The van der Waals surface area contributed by atoms with Gasteiger partial charge in [-0.2, -0.15) is 0 Å². The van der Waals surface area contributed by atoms with Gasteiger partial charge < -0.3 is 0 Å². The number of carbonyl (C=O) groups is 2. The molecule has 0 fully saturated rings. The van der Waals surface area contributed by atoms with Gasteiger partial charge in [0.1, 0.15) is 5.01 Å². The smallest absolute Gasteiger partial charge is 0.267 e. The molecular weight excluding hydrogens is 346 g/mol. The van der Waals surface area contributed by atoms with Crippen LogP contribution in [-0.2, 0) is 0 Å². The van der Waals surface area contributed by atoms with Gasteiger partial charge in [0.25, 0.3) is 11.8 Å². The molecular formula is C20H11N3O2S. The Kier molecular flexibility index (Phi) is 3.20. The highest BCUT2D eigenvalue weighted by molar-refractivity contribution is 7.18. The molecule has 124 valence electrons. The Morgan fingerprint density at radius 2 is 1.38 bits per heavy atom. The third kappa shape index (κ3) is 2.09. The first-order valence-electron chi connectivity index (χ1n) is 8.03. The third-order valence-electron chi connectivity index (χ3n) is 4.40. The number of amides is 2. The minimum atomic E-state index is -0.366. The van der Waals surface area contributed by atoms with E-state index in [0.717, 1.165) is 15.8 Å². The van der Waals surface area contributed by atoms with Crippen LogP contribution in [0.4, 0.5) is 5.13 Å². The number of aromatic nitrogens is 2. The maximum absolute atomic E-state index is 13.0. The molecule has 0 unspecified atom stereocenters. The van der Waals surface area contributed by atoms with Crippen molar-refractivity contribution in [3.63, 3.8) is 0 Å². The van der Waals surface area contributed by atoms with Crippen LogP contribution in [0.25, 0.3) is 21.3 Å². The summed E-state index contributed by atoms with van der Waals surface area (Å²) >= 11 is 1.23. The van der Waals surface area contributed by atoms with E-state index >= 15 is 0 Å². The Morgan fingerprint density at radius 1 is 0.731 bits per heavy atom. The van der Waals surface area contributed by atoms with Gasteiger partial charge in [0.05, 0.1) is 0 Å². The average molecular weight is 357 g/mol. The van der Waals surface area contributed by atoms with Crippen molar-refractivity contribution in [1.82, 2.24) is 10.2 Å². The molecule has 0 radical (unpaired) electrons. The number of hydrogen-bond donors (Lipinski definition) is 0. The zero-order valence-corrected chi connectivity index (χ0v) is 14.2. The molecule has 0 saturated carbocycles. The van der Waals surface area contributed by atoms with Crippen LogP contribution in [-0.4, -0.2) is 22.0 Å². The molecule has 3 aromatic carbocycles. The van der Waals surface area contributed by atoms with E-state index in [4.69, 9.17) is 0 Å². The Bertz CT molecular complexity index is 1130. The molecule has 0 atom stereocenters. The number of rotatable bonds is 2. The maximum atomic E-state index is 13.0. The molecule has 1 aliphatic heterocycles. The van der Waals surface area contributed by atoms with Crippen molar-refractivity contribution in [3.05, 3.63) is 77.9 Å². The lowest BCUT2D eigenvalue weighted by molar-refractivity contribution is 0.0893. The molecule has 4 aromatic rings. The van der Waals surface area contributed by atoms with Gasteiger partial charge in [-0.25, -0.2) is 4.90 Å². The van der Waals surface area contributed by atoms with Crippen LogP contribution < -0.4 is 4.90 Å². The normalized spacial score (nSPS) is 13.5. The van der Waals surface area contributed by atoms with Gasteiger partial charge in [-0.15, -0.1) is 10.2 Å². The molecule has 1 aromatic heterocycles. The van der Waals surface area contributed by atoms with E-state index in [2.05, 4.69) is 10.2 Å². The van der Waals surface area contributed by atoms with E-state index in [9.17, 15) is 9.59 Å². The zero-order chi connectivity index (χ0) is 17.7. The Morgan fingerprint density at radius 3 is 2.04 bits per heavy atom. The van der Waals surface area contributed by atoms with Gasteiger partial charge in [-0.1, -0.05) is 65.9 Å². The molecule has 0 spiro atoms. The van der Waals surface area contributed by atoms with E-state index in [1.165, 1.54) is 11.3 Å². The SMILES string of the molecule is O=C1c2cccc3cccc(c23)C(=O)N1c1nnc(-c2ccccc2)s1. The largest absolute Gasteiger partial charge is 0.268 e.